The molecule has 0 bridgehead atoms. The Bertz CT molecular complexity index is 645. The molecule has 0 aliphatic heterocycles. The summed E-state index contributed by atoms with van der Waals surface area (Å²) in [6, 6.07) is 1.74. The zero-order chi connectivity index (χ0) is 36.1. The van der Waals surface area contributed by atoms with Gasteiger partial charge in [0.15, 0.2) is 0 Å². The topological polar surface area (TPSA) is 55.4 Å². The fourth-order valence-electron chi connectivity index (χ4n) is 4.03. The molecular weight excluding hydrogens is 609 g/mol. The third-order valence-corrected chi connectivity index (χ3v) is 12.0. The number of hydrogen-bond acceptors (Lipinski definition) is 6. The van der Waals surface area contributed by atoms with Crippen LogP contribution in [0.15, 0.2) is 0 Å². The van der Waals surface area contributed by atoms with E-state index in [1.165, 1.54) is 12.8 Å². The third kappa shape index (κ3) is 27.1. The van der Waals surface area contributed by atoms with E-state index in [1.54, 1.807) is 0 Å². The SMILES string of the molecule is CC(C)(C)CO[Si](CCCCCCCC[Si](OCC(C)(C)C)(OCC(C)(C)C)OCC(C)(C)C)(OCC(C)(C)C)OCC(C)(C)C. The monoisotopic (exact) mass is 691 g/mol. The third-order valence-electron chi connectivity index (χ3n) is 6.57. The van der Waals surface area contributed by atoms with Crippen LogP contribution in [0.1, 0.15) is 163 Å². The average Bonchev–Trinajstić information content (AvgIpc) is 2.84. The molecule has 0 aliphatic rings. The van der Waals surface area contributed by atoms with Gasteiger partial charge in [-0.1, -0.05) is 150 Å². The van der Waals surface area contributed by atoms with Crippen LogP contribution in [0.3, 0.4) is 0 Å². The molecule has 0 spiro atoms. The maximum atomic E-state index is 6.67. The fourth-order valence-corrected chi connectivity index (χ4v) is 10.7. The van der Waals surface area contributed by atoms with Crippen molar-refractivity contribution in [2.24, 2.45) is 32.5 Å². The van der Waals surface area contributed by atoms with E-state index >= 15 is 0 Å². The molecule has 0 aromatic heterocycles. The van der Waals surface area contributed by atoms with Crippen LogP contribution in [0.5, 0.6) is 0 Å². The molecule has 0 atom stereocenters. The Morgan fingerprint density at radius 1 is 0.261 bits per heavy atom. The van der Waals surface area contributed by atoms with Gasteiger partial charge in [-0.05, 0) is 45.3 Å². The van der Waals surface area contributed by atoms with E-state index in [0.717, 1.165) is 37.8 Å². The molecule has 8 heteroatoms. The van der Waals surface area contributed by atoms with Crippen LogP contribution in [0, 0.1) is 32.5 Å². The largest absolute Gasteiger partial charge is 0.501 e. The molecular formula is C38H82O6Si2. The Morgan fingerprint density at radius 2 is 0.413 bits per heavy atom. The molecule has 46 heavy (non-hydrogen) atoms. The normalized spacial score (nSPS) is 14.7. The highest BCUT2D eigenvalue weighted by molar-refractivity contribution is 6.61. The summed E-state index contributed by atoms with van der Waals surface area (Å²) in [5.41, 5.74) is 0.314. The first kappa shape index (κ1) is 46.2. The summed E-state index contributed by atoms with van der Waals surface area (Å²) in [6.45, 7) is 43.8. The Balaban J connectivity index is 5.39. The van der Waals surface area contributed by atoms with E-state index in [1.807, 2.05) is 0 Å². The number of rotatable bonds is 21. The van der Waals surface area contributed by atoms with Gasteiger partial charge in [0, 0.05) is 51.7 Å². The van der Waals surface area contributed by atoms with Gasteiger partial charge in [0.05, 0.1) is 0 Å². The van der Waals surface area contributed by atoms with Crippen LogP contribution in [-0.4, -0.2) is 57.3 Å². The molecule has 0 amide bonds. The van der Waals surface area contributed by atoms with E-state index < -0.39 is 17.6 Å². The van der Waals surface area contributed by atoms with Gasteiger partial charge in [-0.15, -0.1) is 0 Å². The summed E-state index contributed by atoms with van der Waals surface area (Å²) in [5, 5.41) is 0. The van der Waals surface area contributed by atoms with Crippen molar-refractivity contribution in [2.75, 3.05) is 39.6 Å². The lowest BCUT2D eigenvalue weighted by Crippen LogP contribution is -2.50. The first-order valence-corrected chi connectivity index (χ1v) is 22.1. The summed E-state index contributed by atoms with van der Waals surface area (Å²) in [6.07, 6.45) is 6.78. The molecule has 0 unspecified atom stereocenters. The van der Waals surface area contributed by atoms with Gasteiger partial charge in [0.25, 0.3) is 0 Å². The molecule has 0 N–H and O–H groups in total. The molecule has 0 radical (unpaired) electrons. The van der Waals surface area contributed by atoms with Crippen LogP contribution < -0.4 is 0 Å². The van der Waals surface area contributed by atoms with Crippen molar-refractivity contribution >= 4 is 17.6 Å². The number of hydrogen-bond donors (Lipinski definition) is 0. The summed E-state index contributed by atoms with van der Waals surface area (Å²) < 4.78 is 40.0. The smallest absolute Gasteiger partial charge is 0.373 e. The second kappa shape index (κ2) is 19.0. The summed E-state index contributed by atoms with van der Waals surface area (Å²) >= 11 is 0. The van der Waals surface area contributed by atoms with Crippen LogP contribution in [0.25, 0.3) is 0 Å². The highest BCUT2D eigenvalue weighted by atomic mass is 28.4. The van der Waals surface area contributed by atoms with E-state index in [-0.39, 0.29) is 32.5 Å². The molecule has 0 aliphatic carbocycles. The lowest BCUT2D eigenvalue weighted by Gasteiger charge is -2.36. The molecule has 0 aromatic rings. The zero-order valence-corrected chi connectivity index (χ0v) is 36.3. The lowest BCUT2D eigenvalue weighted by atomic mass is 9.99. The summed E-state index contributed by atoms with van der Waals surface area (Å²) in [4.78, 5) is 0. The van der Waals surface area contributed by atoms with E-state index in [2.05, 4.69) is 125 Å². The highest BCUT2D eigenvalue weighted by Gasteiger charge is 2.45. The van der Waals surface area contributed by atoms with Crippen molar-refractivity contribution in [1.29, 1.82) is 0 Å². The maximum Gasteiger partial charge on any atom is 0.501 e. The van der Waals surface area contributed by atoms with Crippen LogP contribution in [0.4, 0.5) is 0 Å². The fraction of sp³-hybridized carbons (Fsp3) is 1.00. The second-order valence-corrected chi connectivity index (χ2v) is 26.5. The van der Waals surface area contributed by atoms with Crippen molar-refractivity contribution in [3.8, 4) is 0 Å². The standard InChI is InChI=1S/C38H82O6Si2/c1-33(2,3)27-39-45(40-28-34(4,5)6,41-29-35(7,8)9)25-23-21-19-20-22-24-26-46(42-30-36(10,11)12,43-31-37(13,14)15)44-32-38(16,17)18/h19-32H2,1-18H3. The van der Waals surface area contributed by atoms with Crippen molar-refractivity contribution in [3.63, 3.8) is 0 Å². The molecule has 278 valence electrons. The van der Waals surface area contributed by atoms with Crippen molar-refractivity contribution < 1.29 is 26.6 Å². The molecule has 0 heterocycles. The first-order valence-electron chi connectivity index (χ1n) is 18.3. The molecule has 0 fully saturated rings. The Morgan fingerprint density at radius 3 is 0.565 bits per heavy atom. The Kier molecular flexibility index (Phi) is 19.1. The second-order valence-electron chi connectivity index (χ2n) is 21.1. The summed E-state index contributed by atoms with van der Waals surface area (Å²) in [7, 11) is -5.69. The van der Waals surface area contributed by atoms with E-state index in [9.17, 15) is 0 Å². The molecule has 6 nitrogen and oxygen atoms in total. The molecule has 0 aromatic carbocycles. The zero-order valence-electron chi connectivity index (χ0n) is 34.3. The van der Waals surface area contributed by atoms with Crippen LogP contribution in [-0.2, 0) is 26.6 Å². The minimum atomic E-state index is -2.84. The predicted molar refractivity (Wildman–Crippen MR) is 201 cm³/mol. The van der Waals surface area contributed by atoms with Gasteiger partial charge in [0.1, 0.15) is 0 Å². The van der Waals surface area contributed by atoms with Crippen molar-refractivity contribution in [1.82, 2.24) is 0 Å². The van der Waals surface area contributed by atoms with E-state index in [4.69, 9.17) is 26.6 Å². The average molecular weight is 691 g/mol. The van der Waals surface area contributed by atoms with Gasteiger partial charge in [-0.3, -0.25) is 0 Å². The van der Waals surface area contributed by atoms with E-state index in [0.29, 0.717) is 39.6 Å². The van der Waals surface area contributed by atoms with Gasteiger partial charge in [0.2, 0.25) is 0 Å². The molecule has 0 saturated carbocycles. The number of unbranched alkanes of at least 4 members (excludes halogenated alkanes) is 5. The van der Waals surface area contributed by atoms with Gasteiger partial charge in [-0.25, -0.2) is 0 Å². The Hall–Kier alpha value is 0.194. The van der Waals surface area contributed by atoms with Crippen LogP contribution in [0.2, 0.25) is 12.1 Å². The molecule has 0 rings (SSSR count). The van der Waals surface area contributed by atoms with Crippen LogP contribution >= 0.6 is 0 Å². The lowest BCUT2D eigenvalue weighted by molar-refractivity contribution is 0.00319. The Labute approximate surface area is 290 Å². The first-order chi connectivity index (χ1) is 20.4. The minimum absolute atomic E-state index is 0.0523. The van der Waals surface area contributed by atoms with Gasteiger partial charge in [-0.2, -0.15) is 0 Å². The molecule has 0 saturated heterocycles. The predicted octanol–water partition coefficient (Wildman–Crippen LogP) is 11.6. The van der Waals surface area contributed by atoms with Gasteiger partial charge >= 0.3 is 17.6 Å². The van der Waals surface area contributed by atoms with Gasteiger partial charge < -0.3 is 26.6 Å². The quantitative estimate of drug-likeness (QED) is 0.0882. The summed E-state index contributed by atoms with van der Waals surface area (Å²) in [5.74, 6) is 0. The maximum absolute atomic E-state index is 6.67. The minimum Gasteiger partial charge on any atom is -0.373 e. The van der Waals surface area contributed by atoms with Crippen molar-refractivity contribution in [3.05, 3.63) is 0 Å². The van der Waals surface area contributed by atoms with Crippen molar-refractivity contribution in [2.45, 2.75) is 175 Å². The highest BCUT2D eigenvalue weighted by Crippen LogP contribution is 2.31.